The van der Waals surface area contributed by atoms with Gasteiger partial charge >= 0.3 is 17.1 Å². The second-order valence-corrected chi connectivity index (χ2v) is 4.76. The summed E-state index contributed by atoms with van der Waals surface area (Å²) in [4.78, 5) is 62.9. The molecule has 0 aliphatic heterocycles. The van der Waals surface area contributed by atoms with Crippen molar-refractivity contribution >= 4 is 23.5 Å². The predicted octanol–water partition coefficient (Wildman–Crippen LogP) is -6.17. The van der Waals surface area contributed by atoms with Gasteiger partial charge in [0.15, 0.2) is 0 Å². The van der Waals surface area contributed by atoms with Gasteiger partial charge < -0.3 is 52.3 Å². The minimum Gasteiger partial charge on any atom is -0.822 e. The van der Waals surface area contributed by atoms with Crippen LogP contribution in [0, 0.1) is 0 Å². The van der Waals surface area contributed by atoms with Gasteiger partial charge in [-0.25, -0.2) is 0 Å². The first kappa shape index (κ1) is 21.2. The summed E-state index contributed by atoms with van der Waals surface area (Å²) < 4.78 is 29.7. The number of hydrogen-bond acceptors (Lipinski definition) is 11. The Balaban J connectivity index is -0.000000208. The van der Waals surface area contributed by atoms with Crippen LogP contribution in [0.5, 0.6) is 0 Å². The summed E-state index contributed by atoms with van der Waals surface area (Å²) in [5, 5.41) is 0. The number of phosphoric acid groups is 3. The molecule has 11 nitrogen and oxygen atoms in total. The standard InChI is InChI=1S/Mn.H4O7P2.H3O4P/c;1-8(2,3)7-9(4,5)6;1-5(2,3)4/h;(H2,1,2,3)(H2,4,5,6);(H3,1,2,3,4)/q+7;;/p-7. The third-order valence-corrected chi connectivity index (χ3v) is 1.80. The van der Waals surface area contributed by atoms with Gasteiger partial charge in [-0.2, -0.15) is 7.82 Å². The van der Waals surface area contributed by atoms with Gasteiger partial charge in [0, 0.05) is 0 Å². The van der Waals surface area contributed by atoms with Gasteiger partial charge in [-0.05, 0) is 0 Å². The molecule has 0 rings (SSSR count). The molecule has 88 valence electrons. The van der Waals surface area contributed by atoms with Crippen LogP contribution in [-0.4, -0.2) is 0 Å². The maximum absolute atomic E-state index is 9.32. The van der Waals surface area contributed by atoms with Crippen LogP contribution in [0.4, 0.5) is 0 Å². The molecule has 0 aliphatic carbocycles. The Morgan fingerprint density at radius 1 is 0.667 bits per heavy atom. The third kappa shape index (κ3) is 52.1. The molecular weight excluding hydrogens is 324 g/mol. The third-order valence-electron chi connectivity index (χ3n) is 0.200. The van der Waals surface area contributed by atoms with E-state index in [4.69, 9.17) is 19.2 Å². The largest absolute Gasteiger partial charge is 7.00 e. The summed E-state index contributed by atoms with van der Waals surface area (Å²) in [5.41, 5.74) is 0. The van der Waals surface area contributed by atoms with Gasteiger partial charge in [-0.15, -0.1) is 0 Å². The van der Waals surface area contributed by atoms with Gasteiger partial charge in [0.1, 0.15) is 0 Å². The molecule has 15 heavy (non-hydrogen) atoms. The molecule has 0 spiro atoms. The molecule has 0 amide bonds. The van der Waals surface area contributed by atoms with Crippen molar-refractivity contribution in [3.8, 4) is 0 Å². The summed E-state index contributed by atoms with van der Waals surface area (Å²) in [7, 11) is -16.7. The first-order valence-corrected chi connectivity index (χ1v) is 6.57. The van der Waals surface area contributed by atoms with E-state index >= 15 is 0 Å². The maximum Gasteiger partial charge on any atom is 7.00 e. The zero-order valence-corrected chi connectivity index (χ0v) is 10.1. The van der Waals surface area contributed by atoms with Gasteiger partial charge in [-0.3, -0.25) is 0 Å². The number of rotatable bonds is 2. The van der Waals surface area contributed by atoms with E-state index < -0.39 is 23.5 Å². The molecule has 0 bridgehead atoms. The van der Waals surface area contributed by atoms with Crippen LogP contribution < -0.4 is 34.3 Å². The van der Waals surface area contributed by atoms with Crippen LogP contribution in [0.3, 0.4) is 0 Å². The Labute approximate surface area is 93.3 Å². The minimum atomic E-state index is -5.68. The van der Waals surface area contributed by atoms with Crippen LogP contribution in [0.25, 0.3) is 0 Å². The second kappa shape index (κ2) is 7.26. The smallest absolute Gasteiger partial charge is 0.822 e. The van der Waals surface area contributed by atoms with Crippen LogP contribution in [0.15, 0.2) is 0 Å². The quantitative estimate of drug-likeness (QED) is 0.343. The van der Waals surface area contributed by atoms with Crippen molar-refractivity contribution in [2.75, 3.05) is 0 Å². The first-order valence-electron chi connectivity index (χ1n) is 2.19. The molecule has 0 aromatic heterocycles. The zero-order chi connectivity index (χ0) is 12.2. The Morgan fingerprint density at radius 3 is 0.800 bits per heavy atom. The van der Waals surface area contributed by atoms with Gasteiger partial charge in [-0.1, -0.05) is 0 Å². The van der Waals surface area contributed by atoms with Crippen molar-refractivity contribution in [3.63, 3.8) is 0 Å². The fourth-order valence-electron chi connectivity index (χ4n) is 0.122. The van der Waals surface area contributed by atoms with E-state index in [1.165, 1.54) is 0 Å². The molecule has 0 aliphatic rings. The molecular formula is MnO11P3. The Bertz CT molecular complexity index is 259. The van der Waals surface area contributed by atoms with Gasteiger partial charge in [0.25, 0.3) is 0 Å². The number of hydrogen-bond donors (Lipinski definition) is 0. The molecule has 15 heteroatoms. The van der Waals surface area contributed by atoms with Crippen molar-refractivity contribution in [1.29, 1.82) is 0 Å². The predicted molar refractivity (Wildman–Crippen MR) is 23.9 cm³/mol. The molecule has 0 aromatic carbocycles. The molecule has 0 saturated heterocycles. The van der Waals surface area contributed by atoms with E-state index in [1.807, 2.05) is 0 Å². The summed E-state index contributed by atoms with van der Waals surface area (Å²) in [5.74, 6) is 0. The molecule has 0 saturated carbocycles. The molecule has 0 atom stereocenters. The second-order valence-electron chi connectivity index (χ2n) is 1.42. The monoisotopic (exact) mass is 324 g/mol. The van der Waals surface area contributed by atoms with Crippen LogP contribution in [0.2, 0.25) is 0 Å². The van der Waals surface area contributed by atoms with E-state index in [-0.39, 0.29) is 17.1 Å². The summed E-state index contributed by atoms with van der Waals surface area (Å²) in [6.07, 6.45) is 0. The molecule has 0 N–H and O–H groups in total. The Kier molecular flexibility index (Phi) is 10.3. The molecule has 0 radical (unpaired) electrons. The zero-order valence-electron chi connectivity index (χ0n) is 6.21. The first-order chi connectivity index (χ1) is 5.71. The van der Waals surface area contributed by atoms with Gasteiger partial charge in [0.05, 0.1) is 15.6 Å². The van der Waals surface area contributed by atoms with Crippen molar-refractivity contribution < 1.29 is 69.3 Å². The Morgan fingerprint density at radius 2 is 0.800 bits per heavy atom. The SMILES string of the molecule is O=P([O-])([O-])OP(=O)([O-])[O-].O=P([O-])([O-])[O-].[Mn+7]. The Hall–Kier alpha value is 0.889. The molecule has 0 unspecified atom stereocenters. The van der Waals surface area contributed by atoms with E-state index in [9.17, 15) is 28.7 Å². The summed E-state index contributed by atoms with van der Waals surface area (Å²) in [6.45, 7) is 0. The summed E-state index contributed by atoms with van der Waals surface area (Å²) in [6, 6.07) is 0. The van der Waals surface area contributed by atoms with Gasteiger partial charge in [0.2, 0.25) is 0 Å². The maximum atomic E-state index is 9.32. The van der Waals surface area contributed by atoms with E-state index in [0.29, 0.717) is 0 Å². The average molecular weight is 324 g/mol. The van der Waals surface area contributed by atoms with Crippen molar-refractivity contribution in [2.45, 2.75) is 0 Å². The molecule has 0 heterocycles. The molecule has 0 fully saturated rings. The fourth-order valence-corrected chi connectivity index (χ4v) is 1.10. The molecule has 0 aromatic rings. The summed E-state index contributed by atoms with van der Waals surface area (Å²) >= 11 is 0. The van der Waals surface area contributed by atoms with Crippen LogP contribution in [-0.2, 0) is 35.1 Å². The average Bonchev–Trinajstić information content (AvgIpc) is 1.42. The minimum absolute atomic E-state index is 0. The van der Waals surface area contributed by atoms with Crippen molar-refractivity contribution in [1.82, 2.24) is 0 Å². The van der Waals surface area contributed by atoms with Crippen molar-refractivity contribution in [2.24, 2.45) is 0 Å². The van der Waals surface area contributed by atoms with Crippen LogP contribution in [0.1, 0.15) is 0 Å². The fraction of sp³-hybridized carbons (Fsp3) is 0. The van der Waals surface area contributed by atoms with Crippen LogP contribution >= 0.6 is 23.5 Å². The van der Waals surface area contributed by atoms with E-state index in [2.05, 4.69) is 4.31 Å². The van der Waals surface area contributed by atoms with E-state index in [1.54, 1.807) is 0 Å². The van der Waals surface area contributed by atoms with Crippen molar-refractivity contribution in [3.05, 3.63) is 0 Å². The van der Waals surface area contributed by atoms with E-state index in [0.717, 1.165) is 0 Å². The normalized spacial score (nSPS) is 12.2. The topological polar surface area (TPSA) is 222 Å².